The van der Waals surface area contributed by atoms with Gasteiger partial charge >= 0.3 is 0 Å². The smallest absolute Gasteiger partial charge is 0.119 e. The molecule has 3 heteroatoms. The lowest BCUT2D eigenvalue weighted by molar-refractivity contribution is 0.0802. The molecule has 17 heavy (non-hydrogen) atoms. The van der Waals surface area contributed by atoms with Gasteiger partial charge in [-0.1, -0.05) is 12.1 Å². The lowest BCUT2D eigenvalue weighted by Crippen LogP contribution is -2.12. The topological polar surface area (TPSA) is 38.7 Å². The fourth-order valence-electron chi connectivity index (χ4n) is 2.30. The molecule has 3 atom stereocenters. The van der Waals surface area contributed by atoms with E-state index in [4.69, 9.17) is 9.47 Å². The molecule has 1 heterocycles. The van der Waals surface area contributed by atoms with E-state index in [0.29, 0.717) is 13.2 Å². The second kappa shape index (κ2) is 5.52. The summed E-state index contributed by atoms with van der Waals surface area (Å²) in [7, 11) is 0. The van der Waals surface area contributed by atoms with Crippen molar-refractivity contribution in [2.45, 2.75) is 32.5 Å². The molecule has 3 nitrogen and oxygen atoms in total. The molecule has 1 fully saturated rings. The van der Waals surface area contributed by atoms with Gasteiger partial charge < -0.3 is 14.6 Å². The molecule has 1 aliphatic heterocycles. The third-order valence-corrected chi connectivity index (χ3v) is 3.19. The van der Waals surface area contributed by atoms with E-state index in [9.17, 15) is 5.11 Å². The molecule has 1 saturated heterocycles. The zero-order valence-corrected chi connectivity index (χ0v) is 10.4. The van der Waals surface area contributed by atoms with Gasteiger partial charge in [-0.25, -0.2) is 0 Å². The van der Waals surface area contributed by atoms with Crippen LogP contribution < -0.4 is 4.74 Å². The summed E-state index contributed by atoms with van der Waals surface area (Å²) in [6, 6.07) is 7.68. The Balaban J connectivity index is 2.07. The first kappa shape index (κ1) is 12.4. The van der Waals surface area contributed by atoms with Crippen LogP contribution in [0.5, 0.6) is 5.75 Å². The first-order valence-corrected chi connectivity index (χ1v) is 6.23. The normalized spacial score (nSPS) is 25.8. The highest BCUT2D eigenvalue weighted by molar-refractivity contribution is 5.30. The van der Waals surface area contributed by atoms with Crippen molar-refractivity contribution in [1.29, 1.82) is 0 Å². The molecule has 0 radical (unpaired) electrons. The van der Waals surface area contributed by atoms with Crippen LogP contribution in [0.4, 0.5) is 0 Å². The van der Waals surface area contributed by atoms with Crippen LogP contribution in [0.15, 0.2) is 24.3 Å². The minimum Gasteiger partial charge on any atom is -0.494 e. The van der Waals surface area contributed by atoms with Crippen LogP contribution in [0.3, 0.4) is 0 Å². The van der Waals surface area contributed by atoms with Crippen molar-refractivity contribution in [3.05, 3.63) is 29.8 Å². The maximum absolute atomic E-state index is 10.3. The predicted molar refractivity (Wildman–Crippen MR) is 66.1 cm³/mol. The average molecular weight is 236 g/mol. The molecular weight excluding hydrogens is 216 g/mol. The number of benzene rings is 1. The van der Waals surface area contributed by atoms with Gasteiger partial charge in [-0.2, -0.15) is 0 Å². The lowest BCUT2D eigenvalue weighted by atomic mass is 9.93. The van der Waals surface area contributed by atoms with Crippen molar-refractivity contribution >= 4 is 0 Å². The SMILES string of the molecule is CCOc1cccc(C(O)C2COC(C)C2)c1. The van der Waals surface area contributed by atoms with Crippen LogP contribution in [-0.2, 0) is 4.74 Å². The first-order chi connectivity index (χ1) is 8.20. The molecule has 1 aromatic rings. The monoisotopic (exact) mass is 236 g/mol. The molecule has 0 spiro atoms. The molecule has 0 aliphatic carbocycles. The van der Waals surface area contributed by atoms with Gasteiger partial charge in [-0.05, 0) is 38.0 Å². The Bertz CT molecular complexity index is 364. The highest BCUT2D eigenvalue weighted by Gasteiger charge is 2.29. The van der Waals surface area contributed by atoms with Gasteiger partial charge in [0.2, 0.25) is 0 Å². The maximum atomic E-state index is 10.3. The van der Waals surface area contributed by atoms with Gasteiger partial charge in [0, 0.05) is 5.92 Å². The van der Waals surface area contributed by atoms with Crippen molar-refractivity contribution < 1.29 is 14.6 Å². The van der Waals surface area contributed by atoms with E-state index in [1.165, 1.54) is 0 Å². The van der Waals surface area contributed by atoms with Crippen LogP contribution >= 0.6 is 0 Å². The second-order valence-corrected chi connectivity index (χ2v) is 4.59. The van der Waals surface area contributed by atoms with Crippen LogP contribution in [0.1, 0.15) is 31.9 Å². The van der Waals surface area contributed by atoms with Crippen LogP contribution in [-0.4, -0.2) is 24.4 Å². The molecule has 1 N–H and O–H groups in total. The molecule has 1 aliphatic rings. The number of rotatable bonds is 4. The number of ether oxygens (including phenoxy) is 2. The maximum Gasteiger partial charge on any atom is 0.119 e. The molecule has 0 amide bonds. The van der Waals surface area contributed by atoms with Gasteiger partial charge in [0.05, 0.1) is 25.4 Å². The van der Waals surface area contributed by atoms with Crippen molar-refractivity contribution in [1.82, 2.24) is 0 Å². The molecule has 3 unspecified atom stereocenters. The van der Waals surface area contributed by atoms with E-state index in [1.807, 2.05) is 38.1 Å². The van der Waals surface area contributed by atoms with E-state index >= 15 is 0 Å². The Morgan fingerprint density at radius 1 is 1.53 bits per heavy atom. The van der Waals surface area contributed by atoms with Crippen LogP contribution in [0.2, 0.25) is 0 Å². The highest BCUT2D eigenvalue weighted by atomic mass is 16.5. The van der Waals surface area contributed by atoms with Crippen LogP contribution in [0, 0.1) is 5.92 Å². The zero-order chi connectivity index (χ0) is 12.3. The minimum atomic E-state index is -0.458. The Morgan fingerprint density at radius 2 is 2.35 bits per heavy atom. The summed E-state index contributed by atoms with van der Waals surface area (Å²) in [5, 5.41) is 10.3. The largest absolute Gasteiger partial charge is 0.494 e. The molecular formula is C14H20O3. The summed E-state index contributed by atoms with van der Waals surface area (Å²) in [4.78, 5) is 0. The summed E-state index contributed by atoms with van der Waals surface area (Å²) >= 11 is 0. The Kier molecular flexibility index (Phi) is 4.02. The Morgan fingerprint density at radius 3 is 3.00 bits per heavy atom. The van der Waals surface area contributed by atoms with Crippen molar-refractivity contribution in [3.63, 3.8) is 0 Å². The quantitative estimate of drug-likeness (QED) is 0.873. The average Bonchev–Trinajstić information content (AvgIpc) is 2.76. The van der Waals surface area contributed by atoms with Crippen molar-refractivity contribution in [3.8, 4) is 5.75 Å². The van der Waals surface area contributed by atoms with E-state index in [-0.39, 0.29) is 12.0 Å². The standard InChI is InChI=1S/C14H20O3/c1-3-16-13-6-4-5-11(8-13)14(15)12-7-10(2)17-9-12/h4-6,8,10,12,14-15H,3,7,9H2,1-2H3. The summed E-state index contributed by atoms with van der Waals surface area (Å²) < 4.78 is 10.9. The van der Waals surface area contributed by atoms with Gasteiger partial charge in [-0.15, -0.1) is 0 Å². The molecule has 0 aromatic heterocycles. The van der Waals surface area contributed by atoms with E-state index in [0.717, 1.165) is 17.7 Å². The van der Waals surface area contributed by atoms with Crippen molar-refractivity contribution in [2.24, 2.45) is 5.92 Å². The number of aliphatic hydroxyl groups is 1. The summed E-state index contributed by atoms with van der Waals surface area (Å²) in [6.07, 6.45) is 0.713. The zero-order valence-electron chi connectivity index (χ0n) is 10.4. The Hall–Kier alpha value is -1.06. The van der Waals surface area contributed by atoms with Crippen molar-refractivity contribution in [2.75, 3.05) is 13.2 Å². The number of hydrogen-bond donors (Lipinski definition) is 1. The van der Waals surface area contributed by atoms with E-state index < -0.39 is 6.10 Å². The van der Waals surface area contributed by atoms with Gasteiger partial charge in [0.1, 0.15) is 5.75 Å². The molecule has 0 saturated carbocycles. The molecule has 0 bridgehead atoms. The molecule has 2 rings (SSSR count). The fraction of sp³-hybridized carbons (Fsp3) is 0.571. The summed E-state index contributed by atoms with van der Waals surface area (Å²) in [5.41, 5.74) is 0.915. The van der Waals surface area contributed by atoms with Gasteiger partial charge in [0.25, 0.3) is 0 Å². The molecule has 94 valence electrons. The van der Waals surface area contributed by atoms with E-state index in [1.54, 1.807) is 0 Å². The van der Waals surface area contributed by atoms with Gasteiger partial charge in [0.15, 0.2) is 0 Å². The minimum absolute atomic E-state index is 0.196. The van der Waals surface area contributed by atoms with Gasteiger partial charge in [-0.3, -0.25) is 0 Å². The summed E-state index contributed by atoms with van der Waals surface area (Å²) in [6.45, 7) is 5.28. The highest BCUT2D eigenvalue weighted by Crippen LogP contribution is 2.32. The number of hydrogen-bond acceptors (Lipinski definition) is 3. The third-order valence-electron chi connectivity index (χ3n) is 3.19. The first-order valence-electron chi connectivity index (χ1n) is 6.23. The van der Waals surface area contributed by atoms with Crippen LogP contribution in [0.25, 0.3) is 0 Å². The summed E-state index contributed by atoms with van der Waals surface area (Å²) in [5.74, 6) is 1.01. The Labute approximate surface area is 102 Å². The fourth-order valence-corrected chi connectivity index (χ4v) is 2.30. The van der Waals surface area contributed by atoms with E-state index in [2.05, 4.69) is 0 Å². The lowest BCUT2D eigenvalue weighted by Gasteiger charge is -2.17. The third kappa shape index (κ3) is 2.99. The predicted octanol–water partition coefficient (Wildman–Crippen LogP) is 2.54. The number of aliphatic hydroxyl groups excluding tert-OH is 1. The second-order valence-electron chi connectivity index (χ2n) is 4.59. The molecule has 1 aromatic carbocycles.